The van der Waals surface area contributed by atoms with Gasteiger partial charge in [-0.15, -0.1) is 0 Å². The van der Waals surface area contributed by atoms with Crippen molar-refractivity contribution in [3.05, 3.63) is 53.2 Å². The monoisotopic (exact) mass is 376 g/mol. The van der Waals surface area contributed by atoms with Crippen molar-refractivity contribution in [3.63, 3.8) is 0 Å². The van der Waals surface area contributed by atoms with E-state index in [1.165, 1.54) is 35.4 Å². The first-order valence-electron chi connectivity index (χ1n) is 8.34. The summed E-state index contributed by atoms with van der Waals surface area (Å²) < 4.78 is 18.2. The zero-order valence-electron chi connectivity index (χ0n) is 15.3. The van der Waals surface area contributed by atoms with Crippen LogP contribution in [0.15, 0.2) is 34.9 Å². The van der Waals surface area contributed by atoms with Gasteiger partial charge in [0.2, 0.25) is 5.91 Å². The van der Waals surface area contributed by atoms with Gasteiger partial charge in [-0.25, -0.2) is 4.39 Å². The van der Waals surface area contributed by atoms with Crippen molar-refractivity contribution in [2.45, 2.75) is 33.2 Å². The minimum Gasteiger partial charge on any atom is -0.481 e. The number of amides is 2. The van der Waals surface area contributed by atoms with Gasteiger partial charge in [0.15, 0.2) is 0 Å². The van der Waals surface area contributed by atoms with Gasteiger partial charge in [0, 0.05) is 17.3 Å². The summed E-state index contributed by atoms with van der Waals surface area (Å²) in [6.45, 7) is 4.88. The van der Waals surface area contributed by atoms with E-state index in [4.69, 9.17) is 9.52 Å². The van der Waals surface area contributed by atoms with Crippen LogP contribution < -0.4 is 5.32 Å². The zero-order chi connectivity index (χ0) is 20.1. The lowest BCUT2D eigenvalue weighted by Crippen LogP contribution is -2.42. The Morgan fingerprint density at radius 1 is 1.22 bits per heavy atom. The van der Waals surface area contributed by atoms with Gasteiger partial charge >= 0.3 is 5.97 Å². The quantitative estimate of drug-likeness (QED) is 0.774. The minimum atomic E-state index is -1.12. The number of anilines is 1. The second kappa shape index (κ2) is 8.48. The summed E-state index contributed by atoms with van der Waals surface area (Å²) in [6, 6.07) is 4.95. The molecule has 0 aliphatic carbocycles. The summed E-state index contributed by atoms with van der Waals surface area (Å²) in [5, 5.41) is 11.6. The largest absolute Gasteiger partial charge is 0.481 e. The average Bonchev–Trinajstić information content (AvgIpc) is 2.93. The number of nitrogens with one attached hydrogen (secondary N) is 1. The predicted octanol–water partition coefficient (Wildman–Crippen LogP) is 2.84. The molecule has 1 aromatic carbocycles. The van der Waals surface area contributed by atoms with Crippen LogP contribution in [0, 0.1) is 12.7 Å². The van der Waals surface area contributed by atoms with E-state index in [9.17, 15) is 18.8 Å². The lowest BCUT2D eigenvalue weighted by molar-refractivity contribution is -0.136. The lowest BCUT2D eigenvalue weighted by atomic mass is 10.1. The molecule has 1 aromatic heterocycles. The molecule has 1 heterocycles. The summed E-state index contributed by atoms with van der Waals surface area (Å²) in [6.07, 6.45) is 0.894. The fourth-order valence-electron chi connectivity index (χ4n) is 2.57. The SMILES string of the molecule is Cc1coc(CC(=O)O)c1C(=O)N(CC(=O)Nc1ccc(F)cc1)C(C)C. The molecule has 27 heavy (non-hydrogen) atoms. The van der Waals surface area contributed by atoms with E-state index in [1.807, 2.05) is 0 Å². The number of furan rings is 1. The maximum absolute atomic E-state index is 13.0. The molecule has 0 fully saturated rings. The molecule has 2 amide bonds. The van der Waals surface area contributed by atoms with Gasteiger partial charge in [-0.1, -0.05) is 0 Å². The molecule has 0 saturated carbocycles. The first kappa shape index (κ1) is 20.2. The van der Waals surface area contributed by atoms with E-state index in [2.05, 4.69) is 5.32 Å². The topological polar surface area (TPSA) is 99.8 Å². The number of nitrogens with zero attached hydrogens (tertiary/aromatic N) is 1. The molecule has 0 radical (unpaired) electrons. The van der Waals surface area contributed by atoms with Gasteiger partial charge in [-0.05, 0) is 45.0 Å². The number of aliphatic carboxylic acids is 1. The number of rotatable bonds is 7. The lowest BCUT2D eigenvalue weighted by Gasteiger charge is -2.26. The number of halogens is 1. The molecule has 2 rings (SSSR count). The Bertz CT molecular complexity index is 842. The Balaban J connectivity index is 2.18. The summed E-state index contributed by atoms with van der Waals surface area (Å²) in [5.41, 5.74) is 1.06. The van der Waals surface area contributed by atoms with E-state index in [-0.39, 0.29) is 23.9 Å². The van der Waals surface area contributed by atoms with Crippen molar-refractivity contribution in [2.75, 3.05) is 11.9 Å². The number of carboxylic acids is 1. The van der Waals surface area contributed by atoms with Gasteiger partial charge in [0.1, 0.15) is 24.5 Å². The van der Waals surface area contributed by atoms with Crippen LogP contribution in [-0.4, -0.2) is 40.4 Å². The van der Waals surface area contributed by atoms with Gasteiger partial charge in [-0.3, -0.25) is 14.4 Å². The number of benzene rings is 1. The predicted molar refractivity (Wildman–Crippen MR) is 96.0 cm³/mol. The van der Waals surface area contributed by atoms with Gasteiger partial charge in [0.25, 0.3) is 5.91 Å². The second-order valence-corrected chi connectivity index (χ2v) is 6.37. The number of carbonyl (C=O) groups is 3. The molecule has 8 heteroatoms. The number of carboxylic acid groups (broad SMARTS) is 1. The molecular formula is C19H21FN2O5. The van der Waals surface area contributed by atoms with Crippen LogP contribution in [0.2, 0.25) is 0 Å². The molecular weight excluding hydrogens is 355 g/mol. The average molecular weight is 376 g/mol. The van der Waals surface area contributed by atoms with E-state index in [1.54, 1.807) is 20.8 Å². The molecule has 0 bridgehead atoms. The minimum absolute atomic E-state index is 0.0505. The molecule has 0 saturated heterocycles. The van der Waals surface area contributed by atoms with E-state index < -0.39 is 30.0 Å². The highest BCUT2D eigenvalue weighted by Gasteiger charge is 2.28. The van der Waals surface area contributed by atoms with Crippen molar-refractivity contribution in [1.82, 2.24) is 4.90 Å². The maximum atomic E-state index is 13.0. The summed E-state index contributed by atoms with van der Waals surface area (Å²) in [7, 11) is 0. The maximum Gasteiger partial charge on any atom is 0.311 e. The highest BCUT2D eigenvalue weighted by molar-refractivity contribution is 6.01. The molecule has 7 nitrogen and oxygen atoms in total. The molecule has 0 aliphatic rings. The third kappa shape index (κ3) is 5.16. The Labute approximate surface area is 155 Å². The number of hydrogen-bond donors (Lipinski definition) is 2. The van der Waals surface area contributed by atoms with Gasteiger partial charge < -0.3 is 19.7 Å². The Hall–Kier alpha value is -3.16. The smallest absolute Gasteiger partial charge is 0.311 e. The van der Waals surface area contributed by atoms with Crippen LogP contribution in [0.3, 0.4) is 0 Å². The molecule has 2 aromatic rings. The van der Waals surface area contributed by atoms with Crippen LogP contribution in [0.5, 0.6) is 0 Å². The van der Waals surface area contributed by atoms with E-state index in [0.29, 0.717) is 11.3 Å². The van der Waals surface area contributed by atoms with Gasteiger partial charge in [-0.2, -0.15) is 0 Å². The number of carbonyl (C=O) groups excluding carboxylic acids is 2. The third-order valence-electron chi connectivity index (χ3n) is 3.90. The van der Waals surface area contributed by atoms with Crippen molar-refractivity contribution in [3.8, 4) is 0 Å². The Morgan fingerprint density at radius 3 is 2.41 bits per heavy atom. The highest BCUT2D eigenvalue weighted by atomic mass is 19.1. The first-order valence-corrected chi connectivity index (χ1v) is 8.34. The first-order chi connectivity index (χ1) is 12.7. The fraction of sp³-hybridized carbons (Fsp3) is 0.316. The van der Waals surface area contributed by atoms with Crippen LogP contribution in [-0.2, 0) is 16.0 Å². The second-order valence-electron chi connectivity index (χ2n) is 6.37. The Morgan fingerprint density at radius 2 is 1.85 bits per heavy atom. The summed E-state index contributed by atoms with van der Waals surface area (Å²) >= 11 is 0. The molecule has 2 N–H and O–H groups in total. The zero-order valence-corrected chi connectivity index (χ0v) is 15.3. The normalized spacial score (nSPS) is 10.7. The van der Waals surface area contributed by atoms with Crippen LogP contribution in [0.1, 0.15) is 35.5 Å². The van der Waals surface area contributed by atoms with E-state index >= 15 is 0 Å². The van der Waals surface area contributed by atoms with E-state index in [0.717, 1.165) is 0 Å². The molecule has 0 spiro atoms. The number of aryl methyl sites for hydroxylation is 1. The molecule has 0 unspecified atom stereocenters. The standard InChI is InChI=1S/C19H21FN2O5/c1-11(2)22(9-16(23)21-14-6-4-13(20)5-7-14)19(26)18-12(3)10-27-15(18)8-17(24)25/h4-7,10-11H,8-9H2,1-3H3,(H,21,23)(H,24,25). The summed E-state index contributed by atoms with van der Waals surface area (Å²) in [5.74, 6) is -2.43. The van der Waals surface area contributed by atoms with Crippen molar-refractivity contribution in [2.24, 2.45) is 0 Å². The summed E-state index contributed by atoms with van der Waals surface area (Å²) in [4.78, 5) is 37.6. The third-order valence-corrected chi connectivity index (χ3v) is 3.90. The molecule has 0 aliphatic heterocycles. The van der Waals surface area contributed by atoms with Crippen LogP contribution >= 0.6 is 0 Å². The van der Waals surface area contributed by atoms with Crippen molar-refractivity contribution in [1.29, 1.82) is 0 Å². The number of hydrogen-bond acceptors (Lipinski definition) is 4. The van der Waals surface area contributed by atoms with Crippen molar-refractivity contribution < 1.29 is 28.3 Å². The molecule has 144 valence electrons. The van der Waals surface area contributed by atoms with Crippen molar-refractivity contribution >= 4 is 23.5 Å². The fourth-order valence-corrected chi connectivity index (χ4v) is 2.57. The van der Waals surface area contributed by atoms with Gasteiger partial charge in [0.05, 0.1) is 11.8 Å². The Kier molecular flexibility index (Phi) is 6.33. The molecule has 0 atom stereocenters. The van der Waals surface area contributed by atoms with Crippen LogP contribution in [0.4, 0.5) is 10.1 Å². The van der Waals surface area contributed by atoms with Crippen LogP contribution in [0.25, 0.3) is 0 Å². The highest BCUT2D eigenvalue weighted by Crippen LogP contribution is 2.21.